The first-order valence-corrected chi connectivity index (χ1v) is 4.78. The molecule has 2 aliphatic rings. The highest BCUT2D eigenvalue weighted by Crippen LogP contribution is 2.29. The number of carbonyl (C=O) groups excluding carboxylic acids is 1. The van der Waals surface area contributed by atoms with Gasteiger partial charge in [-0.2, -0.15) is 0 Å². The van der Waals surface area contributed by atoms with Crippen LogP contribution < -0.4 is 0 Å². The van der Waals surface area contributed by atoms with Crippen LogP contribution in [0.1, 0.15) is 6.42 Å². The van der Waals surface area contributed by atoms with Crippen LogP contribution in [0.4, 0.5) is 0 Å². The molecule has 2 rings (SSSR count). The number of nitrogens with zero attached hydrogens (tertiary/aromatic N) is 2. The minimum atomic E-state index is -0.974. The number of fused-ring (bicyclic) bond motifs is 1. The zero-order valence-electron chi connectivity index (χ0n) is 8.22. The van der Waals surface area contributed by atoms with Gasteiger partial charge in [0.1, 0.15) is 5.92 Å². The van der Waals surface area contributed by atoms with Gasteiger partial charge in [0.15, 0.2) is 0 Å². The molecule has 1 amide bonds. The van der Waals surface area contributed by atoms with E-state index in [0.717, 1.165) is 0 Å². The molecule has 15 heavy (non-hydrogen) atoms. The van der Waals surface area contributed by atoms with Gasteiger partial charge in [0, 0.05) is 19.5 Å². The van der Waals surface area contributed by atoms with Crippen molar-refractivity contribution < 1.29 is 14.7 Å². The zero-order chi connectivity index (χ0) is 11.0. The summed E-state index contributed by atoms with van der Waals surface area (Å²) in [6, 6.07) is 0. The first kappa shape index (κ1) is 9.92. The number of hydrazine groups is 1. The molecule has 1 atom stereocenters. The predicted octanol–water partition coefficient (Wildman–Crippen LogP) is 0.220. The van der Waals surface area contributed by atoms with Gasteiger partial charge < -0.3 is 5.11 Å². The summed E-state index contributed by atoms with van der Waals surface area (Å²) in [5, 5.41) is 12.3. The maximum Gasteiger partial charge on any atom is 0.316 e. The lowest BCUT2D eigenvalue weighted by molar-refractivity contribution is -0.141. The van der Waals surface area contributed by atoms with Crippen LogP contribution in [0.2, 0.25) is 0 Å². The van der Waals surface area contributed by atoms with E-state index in [4.69, 9.17) is 5.11 Å². The molecule has 2 aliphatic heterocycles. The summed E-state index contributed by atoms with van der Waals surface area (Å²) in [5.41, 5.74) is 0.528. The lowest BCUT2D eigenvalue weighted by Crippen LogP contribution is -2.36. The van der Waals surface area contributed by atoms with E-state index in [2.05, 4.69) is 6.58 Å². The first-order valence-electron chi connectivity index (χ1n) is 4.78. The monoisotopic (exact) mass is 208 g/mol. The van der Waals surface area contributed by atoms with Crippen molar-refractivity contribution in [3.05, 3.63) is 24.4 Å². The molecular weight excluding hydrogens is 196 g/mol. The van der Waals surface area contributed by atoms with E-state index < -0.39 is 11.9 Å². The number of hydrogen-bond donors (Lipinski definition) is 1. The minimum Gasteiger partial charge on any atom is -0.481 e. The molecular formula is C10H12N2O3. The Bertz CT molecular complexity index is 362. The summed E-state index contributed by atoms with van der Waals surface area (Å²) in [6.07, 6.45) is 3.58. The van der Waals surface area contributed by atoms with E-state index in [1.54, 1.807) is 6.08 Å². The fourth-order valence-corrected chi connectivity index (χ4v) is 1.96. The van der Waals surface area contributed by atoms with Crippen LogP contribution in [-0.4, -0.2) is 40.1 Å². The molecule has 1 N–H and O–H groups in total. The van der Waals surface area contributed by atoms with Crippen molar-refractivity contribution in [2.24, 2.45) is 5.92 Å². The van der Waals surface area contributed by atoms with Gasteiger partial charge in [-0.05, 0) is 6.08 Å². The average molecular weight is 208 g/mol. The van der Waals surface area contributed by atoms with Crippen LogP contribution in [0.15, 0.2) is 24.4 Å². The molecule has 0 bridgehead atoms. The average Bonchev–Trinajstić information content (AvgIpc) is 2.72. The third kappa shape index (κ3) is 1.45. The number of carboxylic acids is 1. The molecule has 80 valence electrons. The Kier molecular flexibility index (Phi) is 2.32. The van der Waals surface area contributed by atoms with Crippen molar-refractivity contribution in [2.45, 2.75) is 6.42 Å². The van der Waals surface area contributed by atoms with E-state index in [-0.39, 0.29) is 5.91 Å². The second-order valence-corrected chi connectivity index (χ2v) is 3.55. The van der Waals surface area contributed by atoms with Crippen molar-refractivity contribution in [1.29, 1.82) is 0 Å². The van der Waals surface area contributed by atoms with E-state index >= 15 is 0 Å². The van der Waals surface area contributed by atoms with E-state index in [9.17, 15) is 9.59 Å². The highest BCUT2D eigenvalue weighted by atomic mass is 16.4. The summed E-state index contributed by atoms with van der Waals surface area (Å²) < 4.78 is 0. The number of aliphatic carboxylic acids is 1. The van der Waals surface area contributed by atoms with Crippen molar-refractivity contribution in [3.8, 4) is 0 Å². The Morgan fingerprint density at radius 2 is 2.40 bits per heavy atom. The Morgan fingerprint density at radius 1 is 1.67 bits per heavy atom. The van der Waals surface area contributed by atoms with Crippen LogP contribution in [0.5, 0.6) is 0 Å². The number of amides is 1. The summed E-state index contributed by atoms with van der Waals surface area (Å²) in [6.45, 7) is 4.77. The number of hydrogen-bond acceptors (Lipinski definition) is 3. The highest BCUT2D eigenvalue weighted by Gasteiger charge is 2.39. The van der Waals surface area contributed by atoms with Crippen LogP contribution in [-0.2, 0) is 9.59 Å². The number of carboxylic acid groups (broad SMARTS) is 1. The third-order valence-corrected chi connectivity index (χ3v) is 2.68. The molecule has 0 aromatic carbocycles. The van der Waals surface area contributed by atoms with E-state index in [1.165, 1.54) is 11.1 Å². The van der Waals surface area contributed by atoms with Crippen LogP contribution in [0.3, 0.4) is 0 Å². The number of carbonyl (C=O) groups is 2. The van der Waals surface area contributed by atoms with E-state index in [0.29, 0.717) is 25.2 Å². The van der Waals surface area contributed by atoms with Gasteiger partial charge in [0.05, 0.1) is 5.70 Å². The Hall–Kier alpha value is -1.62. The molecule has 5 heteroatoms. The van der Waals surface area contributed by atoms with Crippen LogP contribution >= 0.6 is 0 Å². The zero-order valence-corrected chi connectivity index (χ0v) is 8.22. The fraction of sp³-hybridized carbons (Fsp3) is 0.400. The SMILES string of the molecule is C=CC(C(=O)O)C1=CCN2CCC(=O)N12. The standard InChI is InChI=1S/C10H12N2O3/c1-2-7(10(14)15)8-3-5-11-6-4-9(13)12(8)11/h2-3,7H,1,4-6H2,(H,14,15). The lowest BCUT2D eigenvalue weighted by Gasteiger charge is -2.24. The topological polar surface area (TPSA) is 60.9 Å². The number of rotatable bonds is 3. The highest BCUT2D eigenvalue weighted by molar-refractivity contribution is 5.83. The van der Waals surface area contributed by atoms with Gasteiger partial charge >= 0.3 is 5.97 Å². The van der Waals surface area contributed by atoms with Crippen LogP contribution in [0, 0.1) is 5.92 Å². The quantitative estimate of drug-likeness (QED) is 0.674. The summed E-state index contributed by atoms with van der Waals surface area (Å²) in [5.74, 6) is -1.80. The molecule has 1 saturated heterocycles. The first-order chi connectivity index (χ1) is 7.15. The van der Waals surface area contributed by atoms with Crippen molar-refractivity contribution in [2.75, 3.05) is 13.1 Å². The molecule has 0 radical (unpaired) electrons. The Balaban J connectivity index is 2.26. The molecule has 5 nitrogen and oxygen atoms in total. The second-order valence-electron chi connectivity index (χ2n) is 3.55. The maximum absolute atomic E-state index is 11.5. The molecule has 0 saturated carbocycles. The van der Waals surface area contributed by atoms with Crippen molar-refractivity contribution in [3.63, 3.8) is 0 Å². The van der Waals surface area contributed by atoms with Crippen LogP contribution in [0.25, 0.3) is 0 Å². The Morgan fingerprint density at radius 3 is 3.00 bits per heavy atom. The minimum absolute atomic E-state index is 0.0353. The Labute approximate surface area is 87.2 Å². The normalized spacial score (nSPS) is 22.5. The van der Waals surface area contributed by atoms with Gasteiger partial charge in [0.25, 0.3) is 0 Å². The molecule has 1 unspecified atom stereocenters. The smallest absolute Gasteiger partial charge is 0.316 e. The van der Waals surface area contributed by atoms with Gasteiger partial charge in [-0.3, -0.25) is 9.59 Å². The summed E-state index contributed by atoms with van der Waals surface area (Å²) in [7, 11) is 0. The molecule has 1 fully saturated rings. The van der Waals surface area contributed by atoms with Gasteiger partial charge in [-0.15, -0.1) is 6.58 Å². The summed E-state index contributed by atoms with van der Waals surface area (Å²) in [4.78, 5) is 22.5. The summed E-state index contributed by atoms with van der Waals surface area (Å²) >= 11 is 0. The molecule has 0 aromatic heterocycles. The fourth-order valence-electron chi connectivity index (χ4n) is 1.96. The van der Waals surface area contributed by atoms with Crippen molar-refractivity contribution >= 4 is 11.9 Å². The molecule has 2 heterocycles. The van der Waals surface area contributed by atoms with Gasteiger partial charge in [0.2, 0.25) is 5.91 Å². The molecule has 0 aromatic rings. The molecule has 0 aliphatic carbocycles. The lowest BCUT2D eigenvalue weighted by atomic mass is 10.1. The largest absolute Gasteiger partial charge is 0.481 e. The van der Waals surface area contributed by atoms with Gasteiger partial charge in [-0.1, -0.05) is 6.08 Å². The van der Waals surface area contributed by atoms with Crippen molar-refractivity contribution in [1.82, 2.24) is 10.0 Å². The van der Waals surface area contributed by atoms with Gasteiger partial charge in [-0.25, -0.2) is 10.0 Å². The van der Waals surface area contributed by atoms with E-state index in [1.807, 2.05) is 5.01 Å². The predicted molar refractivity (Wildman–Crippen MR) is 52.4 cm³/mol. The maximum atomic E-state index is 11.5. The molecule has 0 spiro atoms. The third-order valence-electron chi connectivity index (χ3n) is 2.68. The second kappa shape index (κ2) is 3.51.